The monoisotopic (exact) mass is 376 g/mol. The molecule has 0 spiro atoms. The lowest BCUT2D eigenvalue weighted by atomic mass is 9.76. The molecule has 1 amide bonds. The predicted molar refractivity (Wildman–Crippen MR) is 98.4 cm³/mol. The number of carboxylic acid groups (broad SMARTS) is 1. The molecule has 1 unspecified atom stereocenters. The maximum absolute atomic E-state index is 12.5. The number of hydrogen-bond donors (Lipinski definition) is 1. The molecular weight excluding hydrogens is 356 g/mol. The molecule has 3 rings (SSSR count). The van der Waals surface area contributed by atoms with Crippen molar-refractivity contribution in [1.29, 1.82) is 0 Å². The zero-order chi connectivity index (χ0) is 18.9. The van der Waals surface area contributed by atoms with E-state index in [4.69, 9.17) is 16.3 Å². The molecule has 0 saturated carbocycles. The Hall–Kier alpha value is -2.34. The first-order chi connectivity index (χ1) is 12.3. The summed E-state index contributed by atoms with van der Waals surface area (Å²) in [7, 11) is 0. The molecule has 1 saturated heterocycles. The number of amides is 1. The second-order valence-electron chi connectivity index (χ2n) is 6.92. The quantitative estimate of drug-likeness (QED) is 0.866. The van der Waals surface area contributed by atoms with E-state index < -0.39 is 11.4 Å². The van der Waals surface area contributed by atoms with Crippen molar-refractivity contribution in [2.75, 3.05) is 19.7 Å². The van der Waals surface area contributed by atoms with Crippen molar-refractivity contribution in [3.8, 4) is 5.75 Å². The third kappa shape index (κ3) is 3.21. The summed E-state index contributed by atoms with van der Waals surface area (Å²) in [5.41, 5.74) is -0.291. The average Bonchev–Trinajstić information content (AvgIpc) is 3.08. The molecule has 2 heterocycles. The first-order valence-corrected chi connectivity index (χ1v) is 8.90. The molecule has 1 N–H and O–H groups in total. The number of ether oxygens (including phenoxy) is 1. The van der Waals surface area contributed by atoms with E-state index in [2.05, 4.69) is 4.98 Å². The van der Waals surface area contributed by atoms with E-state index in [0.29, 0.717) is 29.3 Å². The summed E-state index contributed by atoms with van der Waals surface area (Å²) in [6.45, 7) is 4.23. The van der Waals surface area contributed by atoms with E-state index in [1.807, 2.05) is 19.9 Å². The Morgan fingerprint density at radius 3 is 2.81 bits per heavy atom. The van der Waals surface area contributed by atoms with Crippen LogP contribution >= 0.6 is 11.6 Å². The Morgan fingerprint density at radius 2 is 2.15 bits per heavy atom. The lowest BCUT2D eigenvalue weighted by Gasteiger charge is -2.28. The zero-order valence-electron chi connectivity index (χ0n) is 14.7. The van der Waals surface area contributed by atoms with E-state index >= 15 is 0 Å². The Bertz CT molecular complexity index is 855. The van der Waals surface area contributed by atoms with Gasteiger partial charge in [0.25, 0.3) is 5.91 Å². The van der Waals surface area contributed by atoms with Gasteiger partial charge in [0.1, 0.15) is 11.3 Å². The highest BCUT2D eigenvalue weighted by Crippen LogP contribution is 2.38. The molecule has 26 heavy (non-hydrogen) atoms. The first kappa shape index (κ1) is 18.5. The van der Waals surface area contributed by atoms with Crippen LogP contribution in [0.25, 0.3) is 10.9 Å². The van der Waals surface area contributed by atoms with Crippen molar-refractivity contribution < 1.29 is 19.4 Å². The van der Waals surface area contributed by atoms with Crippen molar-refractivity contribution in [2.24, 2.45) is 11.3 Å². The van der Waals surface area contributed by atoms with Crippen molar-refractivity contribution in [3.63, 3.8) is 0 Å². The summed E-state index contributed by atoms with van der Waals surface area (Å²) < 4.78 is 5.68. The van der Waals surface area contributed by atoms with Gasteiger partial charge in [0.05, 0.1) is 10.4 Å². The number of likely N-dealkylation sites (tertiary alicyclic amines) is 1. The van der Waals surface area contributed by atoms with Crippen LogP contribution in [0.3, 0.4) is 0 Å². The lowest BCUT2D eigenvalue weighted by molar-refractivity contribution is -0.151. The SMILES string of the molecule is CC(C)C1(C(=O)O)CCN(C(=O)COc2ccc(Cl)c3cccnc23)C1. The van der Waals surface area contributed by atoms with Gasteiger partial charge in [-0.3, -0.25) is 14.6 Å². The first-order valence-electron chi connectivity index (χ1n) is 8.52. The highest BCUT2D eigenvalue weighted by molar-refractivity contribution is 6.35. The molecule has 1 atom stereocenters. The average molecular weight is 377 g/mol. The van der Waals surface area contributed by atoms with Crippen LogP contribution in [-0.4, -0.2) is 46.6 Å². The number of halogens is 1. The van der Waals surface area contributed by atoms with Crippen LogP contribution in [0.15, 0.2) is 30.5 Å². The van der Waals surface area contributed by atoms with Gasteiger partial charge in [-0.25, -0.2) is 0 Å². The normalized spacial score (nSPS) is 19.9. The van der Waals surface area contributed by atoms with Crippen LogP contribution in [0.4, 0.5) is 0 Å². The van der Waals surface area contributed by atoms with Gasteiger partial charge in [-0.15, -0.1) is 0 Å². The van der Waals surface area contributed by atoms with Gasteiger partial charge >= 0.3 is 5.97 Å². The summed E-state index contributed by atoms with van der Waals surface area (Å²) in [6, 6.07) is 7.01. The van der Waals surface area contributed by atoms with Gasteiger partial charge in [-0.05, 0) is 36.6 Å². The number of rotatable bonds is 5. The summed E-state index contributed by atoms with van der Waals surface area (Å²) in [5, 5.41) is 10.9. The molecule has 1 aliphatic heterocycles. The Labute approximate surface area is 156 Å². The Kier molecular flexibility index (Phi) is 5.05. The van der Waals surface area contributed by atoms with E-state index in [1.54, 1.807) is 29.3 Å². The number of fused-ring (bicyclic) bond motifs is 1. The van der Waals surface area contributed by atoms with Crippen molar-refractivity contribution in [3.05, 3.63) is 35.5 Å². The number of benzene rings is 1. The van der Waals surface area contributed by atoms with Gasteiger partial charge in [-0.2, -0.15) is 0 Å². The molecule has 0 bridgehead atoms. The third-order valence-corrected chi connectivity index (χ3v) is 5.54. The van der Waals surface area contributed by atoms with Gasteiger partial charge in [0.15, 0.2) is 6.61 Å². The van der Waals surface area contributed by atoms with Crippen LogP contribution in [0, 0.1) is 11.3 Å². The highest BCUT2D eigenvalue weighted by atomic mass is 35.5. The number of hydrogen-bond acceptors (Lipinski definition) is 4. The minimum atomic E-state index is -0.885. The standard InChI is InChI=1S/C19H21ClN2O4/c1-12(2)19(18(24)25)7-9-22(11-19)16(23)10-26-15-6-5-14(20)13-4-3-8-21-17(13)15/h3-6,8,12H,7,9-11H2,1-2H3,(H,24,25). The molecule has 0 radical (unpaired) electrons. The highest BCUT2D eigenvalue weighted by Gasteiger charge is 2.48. The zero-order valence-corrected chi connectivity index (χ0v) is 15.5. The van der Waals surface area contributed by atoms with Crippen LogP contribution in [0.1, 0.15) is 20.3 Å². The summed E-state index contributed by atoms with van der Waals surface area (Å²) >= 11 is 6.16. The van der Waals surface area contributed by atoms with Crippen molar-refractivity contribution in [2.45, 2.75) is 20.3 Å². The molecule has 138 valence electrons. The maximum Gasteiger partial charge on any atom is 0.311 e. The Morgan fingerprint density at radius 1 is 1.38 bits per heavy atom. The van der Waals surface area contributed by atoms with Crippen LogP contribution in [0.2, 0.25) is 5.02 Å². The maximum atomic E-state index is 12.5. The molecule has 0 aliphatic carbocycles. The van der Waals surface area contributed by atoms with E-state index in [0.717, 1.165) is 5.39 Å². The minimum absolute atomic E-state index is 0.0527. The molecule has 6 nitrogen and oxygen atoms in total. The number of carbonyl (C=O) groups excluding carboxylic acids is 1. The summed E-state index contributed by atoms with van der Waals surface area (Å²) in [5.74, 6) is -0.654. The van der Waals surface area contributed by atoms with Gasteiger partial charge < -0.3 is 14.7 Å². The second-order valence-corrected chi connectivity index (χ2v) is 7.32. The number of aliphatic carboxylic acids is 1. The number of carboxylic acids is 1. The van der Waals surface area contributed by atoms with E-state index in [9.17, 15) is 14.7 Å². The minimum Gasteiger partial charge on any atom is -0.481 e. The Balaban J connectivity index is 1.71. The molecule has 1 aromatic heterocycles. The fraction of sp³-hybridized carbons (Fsp3) is 0.421. The molecule has 7 heteroatoms. The van der Waals surface area contributed by atoms with E-state index in [1.165, 1.54) is 0 Å². The largest absolute Gasteiger partial charge is 0.481 e. The molecule has 1 aliphatic rings. The van der Waals surface area contributed by atoms with Crippen LogP contribution in [-0.2, 0) is 9.59 Å². The fourth-order valence-corrected chi connectivity index (χ4v) is 3.61. The van der Waals surface area contributed by atoms with Gasteiger partial charge in [-0.1, -0.05) is 25.4 Å². The predicted octanol–water partition coefficient (Wildman–Crippen LogP) is 3.23. The number of carbonyl (C=O) groups is 2. The lowest BCUT2D eigenvalue weighted by Crippen LogP contribution is -2.41. The number of nitrogens with zero attached hydrogens (tertiary/aromatic N) is 2. The van der Waals surface area contributed by atoms with Crippen molar-refractivity contribution >= 4 is 34.4 Å². The molecule has 2 aromatic rings. The van der Waals surface area contributed by atoms with Crippen molar-refractivity contribution in [1.82, 2.24) is 9.88 Å². The van der Waals surface area contributed by atoms with Gasteiger partial charge in [0, 0.05) is 24.7 Å². The summed E-state index contributed by atoms with van der Waals surface area (Å²) in [4.78, 5) is 30.1. The topological polar surface area (TPSA) is 79.7 Å². The number of aromatic nitrogens is 1. The smallest absolute Gasteiger partial charge is 0.311 e. The third-order valence-electron chi connectivity index (χ3n) is 5.22. The fourth-order valence-electron chi connectivity index (χ4n) is 3.40. The van der Waals surface area contributed by atoms with Crippen LogP contribution in [0.5, 0.6) is 5.75 Å². The molecule has 1 aromatic carbocycles. The molecule has 1 fully saturated rings. The number of pyridine rings is 1. The second kappa shape index (κ2) is 7.11. The van der Waals surface area contributed by atoms with E-state index in [-0.39, 0.29) is 25.0 Å². The molecular formula is C19H21ClN2O4. The summed E-state index contributed by atoms with van der Waals surface area (Å²) in [6.07, 6.45) is 2.09. The van der Waals surface area contributed by atoms with Crippen LogP contribution < -0.4 is 4.74 Å². The van der Waals surface area contributed by atoms with Gasteiger partial charge in [0.2, 0.25) is 0 Å².